The van der Waals surface area contributed by atoms with Crippen LogP contribution in [0.1, 0.15) is 23.7 Å². The lowest BCUT2D eigenvalue weighted by molar-refractivity contribution is 0.274. The summed E-state index contributed by atoms with van der Waals surface area (Å²) in [6, 6.07) is 10.2. The molecule has 1 unspecified atom stereocenters. The molecule has 0 spiro atoms. The highest BCUT2D eigenvalue weighted by Crippen LogP contribution is 2.33. The van der Waals surface area contributed by atoms with E-state index in [1.165, 1.54) is 5.56 Å². The first-order valence-corrected chi connectivity index (χ1v) is 6.11. The minimum Gasteiger partial charge on any atom is -0.493 e. The summed E-state index contributed by atoms with van der Waals surface area (Å²) in [5.41, 5.74) is 2.14. The van der Waals surface area contributed by atoms with Crippen molar-refractivity contribution in [3.63, 3.8) is 0 Å². The summed E-state index contributed by atoms with van der Waals surface area (Å²) in [4.78, 5) is 8.62. The third-order valence-electron chi connectivity index (χ3n) is 3.06. The molecule has 18 heavy (non-hydrogen) atoms. The number of para-hydroxylation sites is 1. The number of benzene rings is 1. The molecule has 0 saturated heterocycles. The highest BCUT2D eigenvalue weighted by atomic mass is 16.5. The molecule has 1 aromatic heterocycles. The molecule has 1 aromatic carbocycles. The van der Waals surface area contributed by atoms with E-state index in [-0.39, 0.29) is 6.04 Å². The number of hydrogen-bond donors (Lipinski definition) is 1. The molecule has 0 fully saturated rings. The summed E-state index contributed by atoms with van der Waals surface area (Å²) in [5, 5.41) is 3.38. The Morgan fingerprint density at radius 2 is 2.17 bits per heavy atom. The van der Waals surface area contributed by atoms with Gasteiger partial charge in [0, 0.05) is 23.9 Å². The maximum absolute atomic E-state index is 5.63. The van der Waals surface area contributed by atoms with E-state index in [0.29, 0.717) is 5.95 Å². The zero-order valence-electron chi connectivity index (χ0n) is 10.3. The van der Waals surface area contributed by atoms with E-state index in [2.05, 4.69) is 21.4 Å². The zero-order valence-corrected chi connectivity index (χ0v) is 10.3. The van der Waals surface area contributed by atoms with Crippen LogP contribution >= 0.6 is 0 Å². The van der Waals surface area contributed by atoms with E-state index in [1.807, 2.05) is 31.2 Å². The Hall–Kier alpha value is -2.10. The van der Waals surface area contributed by atoms with Crippen molar-refractivity contribution >= 4 is 5.95 Å². The second-order valence-electron chi connectivity index (χ2n) is 4.39. The van der Waals surface area contributed by atoms with E-state index in [0.717, 1.165) is 24.5 Å². The minimum absolute atomic E-state index is 0.219. The number of rotatable bonds is 2. The van der Waals surface area contributed by atoms with E-state index in [4.69, 9.17) is 4.74 Å². The van der Waals surface area contributed by atoms with Crippen molar-refractivity contribution in [2.24, 2.45) is 0 Å². The van der Waals surface area contributed by atoms with Crippen molar-refractivity contribution in [2.45, 2.75) is 19.4 Å². The Bertz CT molecular complexity index is 556. The normalized spacial score (nSPS) is 17.7. The van der Waals surface area contributed by atoms with Gasteiger partial charge in [-0.2, -0.15) is 0 Å². The molecule has 2 aromatic rings. The average Bonchev–Trinajstić information content (AvgIpc) is 2.39. The standard InChI is InChI=1S/C14H15N3O/c1-10-6-8-15-14(16-10)17-12-7-9-18-13-5-3-2-4-11(12)13/h2-6,8,12H,7,9H2,1H3,(H,15,16,17). The molecule has 92 valence electrons. The van der Waals surface area contributed by atoms with Gasteiger partial charge < -0.3 is 10.1 Å². The number of nitrogens with zero attached hydrogens (tertiary/aromatic N) is 2. The van der Waals surface area contributed by atoms with Crippen molar-refractivity contribution in [1.29, 1.82) is 0 Å². The molecule has 0 radical (unpaired) electrons. The van der Waals surface area contributed by atoms with Gasteiger partial charge in [0.05, 0.1) is 12.6 Å². The topological polar surface area (TPSA) is 47.0 Å². The summed E-state index contributed by atoms with van der Waals surface area (Å²) in [7, 11) is 0. The van der Waals surface area contributed by atoms with Crippen LogP contribution in [-0.2, 0) is 0 Å². The van der Waals surface area contributed by atoms with Gasteiger partial charge in [0.2, 0.25) is 5.95 Å². The number of ether oxygens (including phenoxy) is 1. The van der Waals surface area contributed by atoms with Crippen molar-refractivity contribution < 1.29 is 4.74 Å². The number of fused-ring (bicyclic) bond motifs is 1. The van der Waals surface area contributed by atoms with Gasteiger partial charge in [-0.3, -0.25) is 0 Å². The predicted molar refractivity (Wildman–Crippen MR) is 69.7 cm³/mol. The third-order valence-corrected chi connectivity index (χ3v) is 3.06. The summed E-state index contributed by atoms with van der Waals surface area (Å²) < 4.78 is 5.63. The van der Waals surface area contributed by atoms with Crippen LogP contribution in [-0.4, -0.2) is 16.6 Å². The van der Waals surface area contributed by atoms with Gasteiger partial charge in [0.15, 0.2) is 0 Å². The monoisotopic (exact) mass is 241 g/mol. The van der Waals surface area contributed by atoms with Gasteiger partial charge in [-0.25, -0.2) is 9.97 Å². The van der Waals surface area contributed by atoms with Gasteiger partial charge in [-0.05, 0) is 19.1 Å². The van der Waals surface area contributed by atoms with Crippen LogP contribution in [0.25, 0.3) is 0 Å². The molecule has 1 atom stereocenters. The lowest BCUT2D eigenvalue weighted by Crippen LogP contribution is -2.21. The van der Waals surface area contributed by atoms with E-state index < -0.39 is 0 Å². The Morgan fingerprint density at radius 1 is 1.28 bits per heavy atom. The fraction of sp³-hybridized carbons (Fsp3) is 0.286. The summed E-state index contributed by atoms with van der Waals surface area (Å²) in [6.45, 7) is 2.69. The molecule has 2 heterocycles. The maximum atomic E-state index is 5.63. The number of aromatic nitrogens is 2. The Labute approximate surface area is 106 Å². The van der Waals surface area contributed by atoms with Crippen LogP contribution in [0, 0.1) is 6.92 Å². The molecular formula is C14H15N3O. The number of hydrogen-bond acceptors (Lipinski definition) is 4. The maximum Gasteiger partial charge on any atom is 0.223 e. The largest absolute Gasteiger partial charge is 0.493 e. The van der Waals surface area contributed by atoms with Gasteiger partial charge in [0.1, 0.15) is 5.75 Å². The first-order chi connectivity index (χ1) is 8.83. The van der Waals surface area contributed by atoms with Crippen LogP contribution in [0.2, 0.25) is 0 Å². The van der Waals surface area contributed by atoms with Gasteiger partial charge in [-0.1, -0.05) is 18.2 Å². The molecule has 4 heteroatoms. The first kappa shape index (κ1) is 11.0. The Morgan fingerprint density at radius 3 is 3.06 bits per heavy atom. The zero-order chi connectivity index (χ0) is 12.4. The Balaban J connectivity index is 1.86. The number of nitrogens with one attached hydrogen (secondary N) is 1. The van der Waals surface area contributed by atoms with Gasteiger partial charge in [-0.15, -0.1) is 0 Å². The van der Waals surface area contributed by atoms with E-state index in [1.54, 1.807) is 6.20 Å². The molecular weight excluding hydrogens is 226 g/mol. The highest BCUT2D eigenvalue weighted by molar-refractivity contribution is 5.42. The van der Waals surface area contributed by atoms with Crippen molar-refractivity contribution in [1.82, 2.24) is 9.97 Å². The second kappa shape index (κ2) is 4.64. The van der Waals surface area contributed by atoms with Crippen molar-refractivity contribution in [2.75, 3.05) is 11.9 Å². The molecule has 0 saturated carbocycles. The fourth-order valence-corrected chi connectivity index (χ4v) is 2.17. The van der Waals surface area contributed by atoms with Gasteiger partial charge in [0.25, 0.3) is 0 Å². The Kier molecular flexibility index (Phi) is 2.84. The summed E-state index contributed by atoms with van der Waals surface area (Å²) in [5.74, 6) is 1.63. The van der Waals surface area contributed by atoms with Crippen molar-refractivity contribution in [3.05, 3.63) is 47.8 Å². The second-order valence-corrected chi connectivity index (χ2v) is 4.39. The van der Waals surface area contributed by atoms with Crippen LogP contribution < -0.4 is 10.1 Å². The van der Waals surface area contributed by atoms with Crippen LogP contribution in [0.4, 0.5) is 5.95 Å². The molecule has 1 aliphatic heterocycles. The predicted octanol–water partition coefficient (Wildman–Crippen LogP) is 2.72. The van der Waals surface area contributed by atoms with Crippen molar-refractivity contribution in [3.8, 4) is 5.75 Å². The molecule has 0 amide bonds. The van der Waals surface area contributed by atoms with Crippen LogP contribution in [0.3, 0.4) is 0 Å². The third kappa shape index (κ3) is 2.14. The fourth-order valence-electron chi connectivity index (χ4n) is 2.17. The summed E-state index contributed by atoms with van der Waals surface area (Å²) in [6.07, 6.45) is 2.70. The molecule has 0 aliphatic carbocycles. The highest BCUT2D eigenvalue weighted by Gasteiger charge is 2.21. The molecule has 0 bridgehead atoms. The molecule has 1 aliphatic rings. The summed E-state index contributed by atoms with van der Waals surface area (Å²) >= 11 is 0. The van der Waals surface area contributed by atoms with Crippen LogP contribution in [0.15, 0.2) is 36.5 Å². The lowest BCUT2D eigenvalue weighted by atomic mass is 10.0. The number of anilines is 1. The smallest absolute Gasteiger partial charge is 0.223 e. The lowest BCUT2D eigenvalue weighted by Gasteiger charge is -2.26. The molecule has 3 rings (SSSR count). The minimum atomic E-state index is 0.219. The average molecular weight is 241 g/mol. The first-order valence-electron chi connectivity index (χ1n) is 6.11. The van der Waals surface area contributed by atoms with E-state index >= 15 is 0 Å². The molecule has 4 nitrogen and oxygen atoms in total. The quantitative estimate of drug-likeness (QED) is 0.878. The molecule has 1 N–H and O–H groups in total. The van der Waals surface area contributed by atoms with Crippen LogP contribution in [0.5, 0.6) is 5.75 Å². The van der Waals surface area contributed by atoms with Gasteiger partial charge >= 0.3 is 0 Å². The van der Waals surface area contributed by atoms with E-state index in [9.17, 15) is 0 Å². The number of aryl methyl sites for hydroxylation is 1. The SMILES string of the molecule is Cc1ccnc(NC2CCOc3ccccc32)n1.